The van der Waals surface area contributed by atoms with Crippen molar-refractivity contribution in [2.24, 2.45) is 0 Å². The minimum absolute atomic E-state index is 0.0798. The Morgan fingerprint density at radius 3 is 2.22 bits per heavy atom. The van der Waals surface area contributed by atoms with Crippen LogP contribution in [0.3, 0.4) is 0 Å². The largest absolute Gasteiger partial charge is 0.490 e. The highest BCUT2D eigenvalue weighted by Crippen LogP contribution is 2.26. The molecule has 4 rings (SSSR count). The lowest BCUT2D eigenvalue weighted by Crippen LogP contribution is -2.44. The molecule has 3 aromatic rings. The van der Waals surface area contributed by atoms with Gasteiger partial charge in [0.25, 0.3) is 0 Å². The molecule has 0 saturated carbocycles. The number of rotatable bonds is 5. The fraction of sp³-hybridized carbons (Fsp3) is 0.318. The highest BCUT2D eigenvalue weighted by molar-refractivity contribution is 5.81. The maximum absolute atomic E-state index is 12.9. The number of fused-ring (bicyclic) bond motifs is 1. The van der Waals surface area contributed by atoms with Crippen LogP contribution >= 0.6 is 0 Å². The summed E-state index contributed by atoms with van der Waals surface area (Å²) < 4.78 is 70.6. The van der Waals surface area contributed by atoms with Crippen molar-refractivity contribution in [1.82, 2.24) is 29.8 Å². The first kappa shape index (κ1) is 32.2. The summed E-state index contributed by atoms with van der Waals surface area (Å²) in [4.78, 5) is 49.3. The van der Waals surface area contributed by atoms with E-state index >= 15 is 0 Å². The van der Waals surface area contributed by atoms with Crippen molar-refractivity contribution in [1.29, 1.82) is 0 Å². The van der Waals surface area contributed by atoms with Crippen molar-refractivity contribution in [2.45, 2.75) is 31.5 Å². The number of carboxylic acid groups (broad SMARTS) is 2. The van der Waals surface area contributed by atoms with Crippen molar-refractivity contribution in [3.63, 3.8) is 0 Å². The van der Waals surface area contributed by atoms with Gasteiger partial charge in [-0.1, -0.05) is 6.07 Å². The van der Waals surface area contributed by atoms with E-state index in [0.29, 0.717) is 31.3 Å². The van der Waals surface area contributed by atoms with Gasteiger partial charge in [-0.3, -0.25) is 9.78 Å². The molecule has 41 heavy (non-hydrogen) atoms. The van der Waals surface area contributed by atoms with Gasteiger partial charge in [0.15, 0.2) is 0 Å². The van der Waals surface area contributed by atoms with Gasteiger partial charge in [0.2, 0.25) is 11.8 Å². The van der Waals surface area contributed by atoms with Gasteiger partial charge in [-0.2, -0.15) is 26.3 Å². The molecule has 222 valence electrons. The number of methoxy groups -OCH3 is 1. The van der Waals surface area contributed by atoms with E-state index in [-0.39, 0.29) is 5.91 Å². The number of nitrogens with zero attached hydrogens (tertiary/aromatic N) is 6. The van der Waals surface area contributed by atoms with E-state index in [0.717, 1.165) is 11.3 Å². The van der Waals surface area contributed by atoms with Crippen LogP contribution in [-0.2, 0) is 27.5 Å². The molecule has 0 radical (unpaired) electrons. The van der Waals surface area contributed by atoms with E-state index in [2.05, 4.69) is 25.3 Å². The molecule has 0 saturated heterocycles. The molecule has 0 aliphatic carbocycles. The Kier molecular flexibility index (Phi) is 10.9. The molecule has 1 aliphatic rings. The van der Waals surface area contributed by atoms with Crippen LogP contribution in [0, 0.1) is 0 Å². The number of aliphatic carboxylic acids is 2. The zero-order valence-electron chi connectivity index (χ0n) is 20.8. The lowest BCUT2D eigenvalue weighted by atomic mass is 10.1. The number of carbonyl (C=O) groups excluding carboxylic acids is 1. The van der Waals surface area contributed by atoms with Crippen LogP contribution in [0.4, 0.5) is 32.2 Å². The average Bonchev–Trinajstić information content (AvgIpc) is 3.40. The first-order valence-corrected chi connectivity index (χ1v) is 11.0. The van der Waals surface area contributed by atoms with Crippen LogP contribution in [0.5, 0.6) is 5.88 Å². The number of nitrogens with one attached hydrogen (secondary N) is 1. The number of aromatic nitrogens is 5. The van der Waals surface area contributed by atoms with Crippen molar-refractivity contribution in [3.8, 4) is 5.88 Å². The fourth-order valence-electron chi connectivity index (χ4n) is 3.10. The van der Waals surface area contributed by atoms with Gasteiger partial charge in [-0.25, -0.2) is 24.5 Å². The molecule has 0 fully saturated rings. The molecule has 0 aromatic carbocycles. The maximum Gasteiger partial charge on any atom is 0.490 e. The Bertz CT molecular complexity index is 1300. The number of alkyl halides is 6. The summed E-state index contributed by atoms with van der Waals surface area (Å²) in [6, 6.07) is 5.13. The molecule has 19 heteroatoms. The second-order valence-corrected chi connectivity index (χ2v) is 7.79. The third kappa shape index (κ3) is 9.93. The van der Waals surface area contributed by atoms with E-state index < -0.39 is 30.3 Å². The van der Waals surface area contributed by atoms with Crippen molar-refractivity contribution < 1.29 is 55.7 Å². The number of carbonyl (C=O) groups is 3. The molecule has 3 aromatic heterocycles. The van der Waals surface area contributed by atoms with Gasteiger partial charge >= 0.3 is 24.3 Å². The van der Waals surface area contributed by atoms with E-state index in [9.17, 15) is 31.1 Å². The minimum Gasteiger partial charge on any atom is -0.481 e. The first-order chi connectivity index (χ1) is 19.1. The number of imidazole rings is 1. The second kappa shape index (κ2) is 13.9. The lowest BCUT2D eigenvalue weighted by Gasteiger charge is -2.34. The monoisotopic (exact) mass is 593 g/mol. The first-order valence-electron chi connectivity index (χ1n) is 11.0. The van der Waals surface area contributed by atoms with Crippen LogP contribution in [0.25, 0.3) is 0 Å². The van der Waals surface area contributed by atoms with Gasteiger partial charge in [-0.15, -0.1) is 0 Å². The van der Waals surface area contributed by atoms with Gasteiger partial charge in [0.1, 0.15) is 18.2 Å². The van der Waals surface area contributed by atoms with E-state index in [4.69, 9.17) is 24.5 Å². The smallest absolute Gasteiger partial charge is 0.481 e. The van der Waals surface area contributed by atoms with Crippen LogP contribution in [0.15, 0.2) is 49.4 Å². The molecule has 1 atom stereocenters. The summed E-state index contributed by atoms with van der Waals surface area (Å²) in [5.41, 5.74) is 1.89. The molecule has 13 nitrogen and oxygen atoms in total. The van der Waals surface area contributed by atoms with Gasteiger partial charge in [0, 0.05) is 37.7 Å². The average molecular weight is 593 g/mol. The molecule has 0 spiro atoms. The number of carboxylic acids is 2. The van der Waals surface area contributed by atoms with E-state index in [1.807, 2.05) is 21.6 Å². The highest BCUT2D eigenvalue weighted by atomic mass is 19.4. The van der Waals surface area contributed by atoms with Crippen LogP contribution in [-0.4, -0.2) is 78.6 Å². The molecule has 1 aliphatic heterocycles. The Morgan fingerprint density at radius 1 is 1.05 bits per heavy atom. The molecule has 1 amide bonds. The number of amides is 1. The molecule has 4 heterocycles. The maximum atomic E-state index is 12.9. The Balaban J connectivity index is 0.000000349. The van der Waals surface area contributed by atoms with Crippen LogP contribution in [0.2, 0.25) is 0 Å². The van der Waals surface area contributed by atoms with Crippen molar-refractivity contribution in [3.05, 3.63) is 60.7 Å². The summed E-state index contributed by atoms with van der Waals surface area (Å²) >= 11 is 0. The SMILES string of the molecule is COc1cc(N2Cc3cncn3C(C(=O)NCc3cccnc3)C2)ncn1.O=C(O)C(F)(F)F.O=C(O)C(F)(F)F. The second-order valence-electron chi connectivity index (χ2n) is 7.79. The molecular formula is C22H21F6N7O6. The summed E-state index contributed by atoms with van der Waals surface area (Å²) in [5, 5.41) is 17.2. The standard InChI is InChI=1S/C18H19N7O2.2C2HF3O2/c1-27-17-5-16(22-11-23-17)24-9-14-8-20-12-25(14)15(10-24)18(26)21-7-13-3-2-4-19-6-13;2*3-2(4,5)1(6)7/h2-6,8,11-12,15H,7,9-10H2,1H3,(H,21,26);2*(H,6,7). The summed E-state index contributed by atoms with van der Waals surface area (Å²) in [6.07, 6.45) is -1.80. The summed E-state index contributed by atoms with van der Waals surface area (Å²) in [7, 11) is 1.56. The van der Waals surface area contributed by atoms with Crippen LogP contribution in [0.1, 0.15) is 17.3 Å². The van der Waals surface area contributed by atoms with Crippen molar-refractivity contribution in [2.75, 3.05) is 18.6 Å². The number of hydrogen-bond acceptors (Lipinski definition) is 9. The molecule has 0 bridgehead atoms. The fourth-order valence-corrected chi connectivity index (χ4v) is 3.10. The zero-order chi connectivity index (χ0) is 30.8. The lowest BCUT2D eigenvalue weighted by molar-refractivity contribution is -0.193. The number of pyridine rings is 1. The molecular weight excluding hydrogens is 572 g/mol. The molecule has 1 unspecified atom stereocenters. The topological polar surface area (TPSA) is 173 Å². The minimum atomic E-state index is -5.08. The number of anilines is 1. The van der Waals surface area contributed by atoms with Crippen LogP contribution < -0.4 is 15.0 Å². The predicted octanol–water partition coefficient (Wildman–Crippen LogP) is 2.22. The molecule has 3 N–H and O–H groups in total. The van der Waals surface area contributed by atoms with Gasteiger partial charge in [-0.05, 0) is 11.6 Å². The quantitative estimate of drug-likeness (QED) is 0.370. The number of hydrogen-bond donors (Lipinski definition) is 3. The van der Waals surface area contributed by atoms with E-state index in [1.54, 1.807) is 38.1 Å². The summed E-state index contributed by atoms with van der Waals surface area (Å²) in [5.74, 6) is -4.40. The highest BCUT2D eigenvalue weighted by Gasteiger charge is 2.39. The number of halogens is 6. The Hall–Kier alpha value is -4.97. The van der Waals surface area contributed by atoms with Crippen molar-refractivity contribution >= 4 is 23.7 Å². The number of ether oxygens (including phenoxy) is 1. The predicted molar refractivity (Wildman–Crippen MR) is 124 cm³/mol. The van der Waals surface area contributed by atoms with E-state index in [1.165, 1.54) is 6.33 Å². The third-order valence-electron chi connectivity index (χ3n) is 4.97. The zero-order valence-corrected chi connectivity index (χ0v) is 20.8. The Morgan fingerprint density at radius 2 is 1.68 bits per heavy atom. The third-order valence-corrected chi connectivity index (χ3v) is 4.97. The van der Waals surface area contributed by atoms with Gasteiger partial charge in [0.05, 0.1) is 25.7 Å². The van der Waals surface area contributed by atoms with Gasteiger partial charge < -0.3 is 29.7 Å². The summed E-state index contributed by atoms with van der Waals surface area (Å²) in [6.45, 7) is 1.50. The Labute approximate surface area is 226 Å². The normalized spacial score (nSPS) is 14.3.